The molecule has 0 aliphatic heterocycles. The molecule has 1 heterocycles. The summed E-state index contributed by atoms with van der Waals surface area (Å²) in [5.41, 5.74) is 2.99. The van der Waals surface area contributed by atoms with Crippen molar-refractivity contribution in [1.29, 1.82) is 0 Å². The molecule has 29 heavy (non-hydrogen) atoms. The van der Waals surface area contributed by atoms with Crippen LogP contribution >= 0.6 is 11.8 Å². The Morgan fingerprint density at radius 2 is 1.76 bits per heavy atom. The summed E-state index contributed by atoms with van der Waals surface area (Å²) in [4.78, 5) is 12.3. The van der Waals surface area contributed by atoms with Gasteiger partial charge in [0.2, 0.25) is 11.8 Å². The molecule has 1 N–H and O–H groups in total. The minimum atomic E-state index is -0.330. The van der Waals surface area contributed by atoms with E-state index in [2.05, 4.69) is 53.6 Å². The molecule has 1 atom stereocenters. The summed E-state index contributed by atoms with van der Waals surface area (Å²) in [7, 11) is 0. The van der Waals surface area contributed by atoms with Crippen LogP contribution < -0.4 is 5.32 Å². The molecule has 2 aromatic carbocycles. The van der Waals surface area contributed by atoms with Crippen LogP contribution in [0.1, 0.15) is 37.9 Å². The molecule has 0 spiro atoms. The number of nitrogens with one attached hydrogen (secondary N) is 1. The highest BCUT2D eigenvalue weighted by Gasteiger charge is 2.14. The second-order valence-corrected chi connectivity index (χ2v) is 8.22. The Hall–Kier alpha value is -2.67. The van der Waals surface area contributed by atoms with Gasteiger partial charge in [0.25, 0.3) is 5.22 Å². The fourth-order valence-corrected chi connectivity index (χ4v) is 3.46. The topological polar surface area (TPSA) is 68.0 Å². The molecule has 152 valence electrons. The maximum absolute atomic E-state index is 13.0. The van der Waals surface area contributed by atoms with Crippen LogP contribution in [0, 0.1) is 11.7 Å². The molecule has 3 aromatic rings. The molecule has 0 saturated heterocycles. The fourth-order valence-electron chi connectivity index (χ4n) is 2.88. The summed E-state index contributed by atoms with van der Waals surface area (Å²) in [5.74, 6) is 0.630. The minimum absolute atomic E-state index is 0.0892. The molecular formula is C22H24FN3O2S. The first-order valence-electron chi connectivity index (χ1n) is 9.51. The second kappa shape index (κ2) is 9.69. The van der Waals surface area contributed by atoms with Crippen molar-refractivity contribution >= 4 is 17.7 Å². The maximum Gasteiger partial charge on any atom is 0.277 e. The van der Waals surface area contributed by atoms with E-state index in [-0.39, 0.29) is 23.5 Å². The molecule has 0 aliphatic rings. The number of benzene rings is 2. The molecule has 0 radical (unpaired) electrons. The van der Waals surface area contributed by atoms with Crippen molar-refractivity contribution in [1.82, 2.24) is 15.5 Å². The zero-order valence-electron chi connectivity index (χ0n) is 16.7. The third-order valence-electron chi connectivity index (χ3n) is 4.33. The Balaban J connectivity index is 1.50. The van der Waals surface area contributed by atoms with Gasteiger partial charge < -0.3 is 9.73 Å². The van der Waals surface area contributed by atoms with Gasteiger partial charge in [0, 0.05) is 5.56 Å². The molecule has 7 heteroatoms. The number of thioether (sulfide) groups is 1. The Labute approximate surface area is 174 Å². The van der Waals surface area contributed by atoms with Crippen LogP contribution in [0.25, 0.3) is 11.5 Å². The number of rotatable bonds is 8. The molecule has 0 aliphatic carbocycles. The molecule has 0 fully saturated rings. The lowest BCUT2D eigenvalue weighted by molar-refractivity contribution is -0.119. The van der Waals surface area contributed by atoms with Crippen molar-refractivity contribution < 1.29 is 13.6 Å². The van der Waals surface area contributed by atoms with Crippen molar-refractivity contribution in [2.45, 2.75) is 38.5 Å². The SMILES string of the molecule is CC(C)Cc1ccc([C@H](C)NC(=O)CSc2nnc(-c3ccc(F)cc3)o2)cc1. The number of aromatic nitrogens is 2. The second-order valence-electron chi connectivity index (χ2n) is 7.30. The van der Waals surface area contributed by atoms with E-state index in [4.69, 9.17) is 4.42 Å². The third kappa shape index (κ3) is 6.15. The number of amides is 1. The monoisotopic (exact) mass is 413 g/mol. The molecule has 1 aromatic heterocycles. The van der Waals surface area contributed by atoms with Gasteiger partial charge >= 0.3 is 0 Å². The lowest BCUT2D eigenvalue weighted by atomic mass is 10.00. The summed E-state index contributed by atoms with van der Waals surface area (Å²) in [6, 6.07) is 14.0. The van der Waals surface area contributed by atoms with Gasteiger partial charge in [0.15, 0.2) is 0 Å². The first-order chi connectivity index (χ1) is 13.9. The fraction of sp³-hybridized carbons (Fsp3) is 0.318. The largest absolute Gasteiger partial charge is 0.411 e. The van der Waals surface area contributed by atoms with Gasteiger partial charge in [-0.05, 0) is 54.7 Å². The first-order valence-corrected chi connectivity index (χ1v) is 10.5. The quantitative estimate of drug-likeness (QED) is 0.524. The van der Waals surface area contributed by atoms with E-state index in [9.17, 15) is 9.18 Å². The lowest BCUT2D eigenvalue weighted by Crippen LogP contribution is -2.28. The van der Waals surface area contributed by atoms with Gasteiger partial charge in [-0.3, -0.25) is 4.79 Å². The number of hydrogen-bond donors (Lipinski definition) is 1. The van der Waals surface area contributed by atoms with Crippen molar-refractivity contribution in [2.75, 3.05) is 5.75 Å². The summed E-state index contributed by atoms with van der Waals surface area (Å²) in [6.45, 7) is 6.35. The van der Waals surface area contributed by atoms with Crippen LogP contribution in [0.3, 0.4) is 0 Å². The molecule has 1 amide bonds. The van der Waals surface area contributed by atoms with Crippen molar-refractivity contribution in [3.8, 4) is 11.5 Å². The van der Waals surface area contributed by atoms with Gasteiger partial charge in [0.05, 0.1) is 11.8 Å². The van der Waals surface area contributed by atoms with Gasteiger partial charge in [-0.15, -0.1) is 10.2 Å². The summed E-state index contributed by atoms with van der Waals surface area (Å²) in [6.07, 6.45) is 1.04. The van der Waals surface area contributed by atoms with Crippen molar-refractivity contribution in [3.63, 3.8) is 0 Å². The predicted octanol–water partition coefficient (Wildman–Crippen LogP) is 5.04. The average molecular weight is 414 g/mol. The van der Waals surface area contributed by atoms with Crippen LogP contribution in [-0.4, -0.2) is 21.9 Å². The number of nitrogens with zero attached hydrogens (tertiary/aromatic N) is 2. The lowest BCUT2D eigenvalue weighted by Gasteiger charge is -2.15. The van der Waals surface area contributed by atoms with E-state index in [1.54, 1.807) is 12.1 Å². The summed E-state index contributed by atoms with van der Waals surface area (Å²) in [5, 5.41) is 11.1. The molecule has 0 unspecified atom stereocenters. The van der Waals surface area contributed by atoms with Gasteiger partial charge in [-0.2, -0.15) is 0 Å². The molecular weight excluding hydrogens is 389 g/mol. The van der Waals surface area contributed by atoms with Crippen LogP contribution in [0.2, 0.25) is 0 Å². The average Bonchev–Trinajstić information content (AvgIpc) is 3.16. The minimum Gasteiger partial charge on any atom is -0.411 e. The Morgan fingerprint density at radius 3 is 2.41 bits per heavy atom. The van der Waals surface area contributed by atoms with Crippen molar-refractivity contribution in [2.24, 2.45) is 5.92 Å². The molecule has 0 saturated carbocycles. The first kappa shape index (κ1) is 21.0. The Kier molecular flexibility index (Phi) is 7.04. The zero-order valence-corrected chi connectivity index (χ0v) is 17.5. The smallest absolute Gasteiger partial charge is 0.277 e. The third-order valence-corrected chi connectivity index (χ3v) is 5.14. The Morgan fingerprint density at radius 1 is 1.07 bits per heavy atom. The summed E-state index contributed by atoms with van der Waals surface area (Å²) < 4.78 is 18.5. The van der Waals surface area contributed by atoms with E-state index in [1.807, 2.05) is 6.92 Å². The number of carbonyl (C=O) groups excluding carboxylic acids is 1. The normalized spacial score (nSPS) is 12.2. The Bertz CT molecular complexity index is 939. The van der Waals surface area contributed by atoms with Crippen LogP contribution in [-0.2, 0) is 11.2 Å². The van der Waals surface area contributed by atoms with E-state index in [1.165, 1.54) is 29.5 Å². The highest BCUT2D eigenvalue weighted by Crippen LogP contribution is 2.23. The predicted molar refractivity (Wildman–Crippen MR) is 112 cm³/mol. The van der Waals surface area contributed by atoms with Gasteiger partial charge in [0.1, 0.15) is 5.82 Å². The number of halogens is 1. The van der Waals surface area contributed by atoms with E-state index >= 15 is 0 Å². The number of carbonyl (C=O) groups is 1. The highest BCUT2D eigenvalue weighted by atomic mass is 32.2. The van der Waals surface area contributed by atoms with Crippen LogP contribution in [0.5, 0.6) is 0 Å². The summed E-state index contributed by atoms with van der Waals surface area (Å²) >= 11 is 1.17. The van der Waals surface area contributed by atoms with Gasteiger partial charge in [-0.25, -0.2) is 4.39 Å². The zero-order chi connectivity index (χ0) is 20.8. The van der Waals surface area contributed by atoms with Gasteiger partial charge in [-0.1, -0.05) is 49.9 Å². The highest BCUT2D eigenvalue weighted by molar-refractivity contribution is 7.99. The molecule has 0 bridgehead atoms. The van der Waals surface area contributed by atoms with E-state index in [0.717, 1.165) is 12.0 Å². The van der Waals surface area contributed by atoms with E-state index in [0.29, 0.717) is 22.6 Å². The van der Waals surface area contributed by atoms with Crippen LogP contribution in [0.4, 0.5) is 4.39 Å². The van der Waals surface area contributed by atoms with Crippen LogP contribution in [0.15, 0.2) is 58.2 Å². The van der Waals surface area contributed by atoms with E-state index < -0.39 is 0 Å². The van der Waals surface area contributed by atoms with Crippen molar-refractivity contribution in [3.05, 3.63) is 65.5 Å². The number of hydrogen-bond acceptors (Lipinski definition) is 5. The maximum atomic E-state index is 13.0. The molecule has 3 rings (SSSR count). The molecule has 5 nitrogen and oxygen atoms in total. The standard InChI is InChI=1S/C22H24FN3O2S/c1-14(2)12-16-4-6-17(7-5-16)15(3)24-20(27)13-29-22-26-25-21(28-22)18-8-10-19(23)11-9-18/h4-11,14-15H,12-13H2,1-3H3,(H,24,27)/t15-/m0/s1.